The molecule has 0 spiro atoms. The van der Waals surface area contributed by atoms with Gasteiger partial charge in [-0.25, -0.2) is 4.98 Å². The predicted molar refractivity (Wildman–Crippen MR) is 56.9 cm³/mol. The van der Waals surface area contributed by atoms with Gasteiger partial charge in [0.1, 0.15) is 6.33 Å². The fourth-order valence-corrected chi connectivity index (χ4v) is 1.95. The van der Waals surface area contributed by atoms with E-state index in [1.54, 1.807) is 4.90 Å². The van der Waals surface area contributed by atoms with Crippen molar-refractivity contribution in [1.29, 1.82) is 0 Å². The Hall–Kier alpha value is -1.43. The van der Waals surface area contributed by atoms with E-state index in [1.165, 1.54) is 6.33 Å². The summed E-state index contributed by atoms with van der Waals surface area (Å²) in [6.07, 6.45) is 3.50. The molecule has 0 saturated carbocycles. The minimum Gasteiger partial charge on any atom is -0.377 e. The molecule has 1 N–H and O–H groups in total. The quantitative estimate of drug-likeness (QED) is 0.809. The van der Waals surface area contributed by atoms with Gasteiger partial charge in [0, 0.05) is 19.7 Å². The van der Waals surface area contributed by atoms with Crippen LogP contribution in [0.2, 0.25) is 0 Å². The Kier molecular flexibility index (Phi) is 3.51. The number of aromatic nitrogens is 3. The predicted octanol–water partition coefficient (Wildman–Crippen LogP) is 0.446. The van der Waals surface area contributed by atoms with Crippen molar-refractivity contribution in [2.45, 2.75) is 25.9 Å². The Morgan fingerprint density at radius 1 is 1.75 bits per heavy atom. The minimum atomic E-state index is -0.0955. The van der Waals surface area contributed by atoms with Crippen LogP contribution in [0.15, 0.2) is 6.33 Å². The van der Waals surface area contributed by atoms with Crippen molar-refractivity contribution in [3.63, 3.8) is 0 Å². The van der Waals surface area contributed by atoms with Gasteiger partial charge in [-0.05, 0) is 19.8 Å². The zero-order chi connectivity index (χ0) is 11.4. The highest BCUT2D eigenvalue weighted by Gasteiger charge is 2.25. The lowest BCUT2D eigenvalue weighted by Gasteiger charge is -2.31. The van der Waals surface area contributed by atoms with Crippen LogP contribution >= 0.6 is 0 Å². The van der Waals surface area contributed by atoms with Gasteiger partial charge >= 0.3 is 0 Å². The summed E-state index contributed by atoms with van der Waals surface area (Å²) in [5.41, 5.74) is 0. The number of likely N-dealkylation sites (tertiary alicyclic amines) is 1. The lowest BCUT2D eigenvalue weighted by molar-refractivity contribution is 0.00682. The fraction of sp³-hybridized carbons (Fsp3) is 0.700. The van der Waals surface area contributed by atoms with E-state index in [2.05, 4.69) is 15.2 Å². The maximum atomic E-state index is 11.9. The van der Waals surface area contributed by atoms with Gasteiger partial charge < -0.3 is 9.64 Å². The van der Waals surface area contributed by atoms with Crippen molar-refractivity contribution in [2.24, 2.45) is 0 Å². The number of carbonyl (C=O) groups excluding carboxylic acids is 1. The smallest absolute Gasteiger partial charge is 0.291 e. The first-order chi connectivity index (χ1) is 7.81. The third-order valence-electron chi connectivity index (χ3n) is 2.69. The van der Waals surface area contributed by atoms with Crippen molar-refractivity contribution < 1.29 is 9.53 Å². The molecule has 1 aliphatic heterocycles. The molecule has 1 atom stereocenters. The molecule has 0 radical (unpaired) electrons. The Morgan fingerprint density at radius 3 is 3.31 bits per heavy atom. The van der Waals surface area contributed by atoms with Gasteiger partial charge in [-0.2, -0.15) is 5.10 Å². The van der Waals surface area contributed by atoms with Crippen LogP contribution in [0.3, 0.4) is 0 Å². The van der Waals surface area contributed by atoms with E-state index in [4.69, 9.17) is 4.74 Å². The molecule has 0 aliphatic carbocycles. The van der Waals surface area contributed by atoms with Gasteiger partial charge in [0.25, 0.3) is 5.91 Å². The van der Waals surface area contributed by atoms with Gasteiger partial charge in [-0.1, -0.05) is 0 Å². The molecule has 6 heteroatoms. The number of piperidine rings is 1. The normalized spacial score (nSPS) is 21.1. The number of aromatic amines is 1. The fourth-order valence-electron chi connectivity index (χ4n) is 1.95. The van der Waals surface area contributed by atoms with Crippen molar-refractivity contribution >= 4 is 5.91 Å². The Balaban J connectivity index is 1.96. The van der Waals surface area contributed by atoms with E-state index in [1.807, 2.05) is 6.92 Å². The highest BCUT2D eigenvalue weighted by molar-refractivity contribution is 5.90. The number of hydrogen-bond acceptors (Lipinski definition) is 4. The highest BCUT2D eigenvalue weighted by Crippen LogP contribution is 2.14. The first kappa shape index (κ1) is 11.1. The van der Waals surface area contributed by atoms with Gasteiger partial charge in [-0.3, -0.25) is 9.89 Å². The summed E-state index contributed by atoms with van der Waals surface area (Å²) < 4.78 is 5.54. The molecule has 1 amide bonds. The summed E-state index contributed by atoms with van der Waals surface area (Å²) in [6.45, 7) is 4.07. The first-order valence-corrected chi connectivity index (χ1v) is 5.57. The summed E-state index contributed by atoms with van der Waals surface area (Å²) in [4.78, 5) is 17.6. The van der Waals surface area contributed by atoms with E-state index in [0.717, 1.165) is 19.4 Å². The molecule has 0 aromatic carbocycles. The van der Waals surface area contributed by atoms with Crippen LogP contribution in [-0.2, 0) is 4.74 Å². The van der Waals surface area contributed by atoms with Crippen LogP contribution in [0, 0.1) is 0 Å². The molecule has 1 aromatic heterocycles. The number of carbonyl (C=O) groups is 1. The second-order valence-corrected chi connectivity index (χ2v) is 3.80. The minimum absolute atomic E-state index is 0.0955. The Bertz CT molecular complexity index is 337. The zero-order valence-electron chi connectivity index (χ0n) is 9.35. The third-order valence-corrected chi connectivity index (χ3v) is 2.69. The number of ether oxygens (including phenoxy) is 1. The molecule has 1 saturated heterocycles. The van der Waals surface area contributed by atoms with Crippen LogP contribution in [0.5, 0.6) is 0 Å². The molecule has 16 heavy (non-hydrogen) atoms. The van der Waals surface area contributed by atoms with Gasteiger partial charge in [-0.15, -0.1) is 0 Å². The topological polar surface area (TPSA) is 71.1 Å². The van der Waals surface area contributed by atoms with Gasteiger partial charge in [0.05, 0.1) is 6.10 Å². The van der Waals surface area contributed by atoms with Crippen molar-refractivity contribution in [1.82, 2.24) is 20.1 Å². The first-order valence-electron chi connectivity index (χ1n) is 5.57. The molecule has 1 fully saturated rings. The average Bonchev–Trinajstić information content (AvgIpc) is 2.82. The summed E-state index contributed by atoms with van der Waals surface area (Å²) >= 11 is 0. The van der Waals surface area contributed by atoms with Crippen molar-refractivity contribution in [2.75, 3.05) is 19.7 Å². The number of hydrogen-bond donors (Lipinski definition) is 1. The van der Waals surface area contributed by atoms with E-state index in [-0.39, 0.29) is 12.0 Å². The largest absolute Gasteiger partial charge is 0.377 e. The molecule has 0 bridgehead atoms. The number of rotatable bonds is 3. The summed E-state index contributed by atoms with van der Waals surface area (Å²) in [5.74, 6) is 0.207. The van der Waals surface area contributed by atoms with Crippen molar-refractivity contribution in [3.8, 4) is 0 Å². The van der Waals surface area contributed by atoms with Crippen LogP contribution in [0.25, 0.3) is 0 Å². The monoisotopic (exact) mass is 224 g/mol. The number of nitrogens with one attached hydrogen (secondary N) is 1. The Morgan fingerprint density at radius 2 is 2.62 bits per heavy atom. The highest BCUT2D eigenvalue weighted by atomic mass is 16.5. The number of H-pyrrole nitrogens is 1. The lowest BCUT2D eigenvalue weighted by Crippen LogP contribution is -2.43. The standard InChI is InChI=1S/C10H16N4O2/c1-2-16-8-4-3-5-14(6-8)10(15)9-11-7-12-13-9/h7-8H,2-6H2,1H3,(H,11,12,13). The van der Waals surface area contributed by atoms with Crippen LogP contribution in [0.4, 0.5) is 0 Å². The molecule has 2 heterocycles. The third kappa shape index (κ3) is 2.38. The second-order valence-electron chi connectivity index (χ2n) is 3.80. The van der Waals surface area contributed by atoms with E-state index in [0.29, 0.717) is 19.0 Å². The number of nitrogens with zero attached hydrogens (tertiary/aromatic N) is 3. The molecular weight excluding hydrogens is 208 g/mol. The molecule has 88 valence electrons. The van der Waals surface area contributed by atoms with E-state index >= 15 is 0 Å². The number of amides is 1. The van der Waals surface area contributed by atoms with E-state index in [9.17, 15) is 4.79 Å². The Labute approximate surface area is 94.0 Å². The molecule has 1 unspecified atom stereocenters. The maximum Gasteiger partial charge on any atom is 0.291 e. The molecule has 1 aliphatic rings. The maximum absolute atomic E-state index is 11.9. The summed E-state index contributed by atoms with van der Waals surface area (Å²) in [6, 6.07) is 0. The summed E-state index contributed by atoms with van der Waals surface area (Å²) in [7, 11) is 0. The molecule has 6 nitrogen and oxygen atoms in total. The molecular formula is C10H16N4O2. The van der Waals surface area contributed by atoms with Crippen LogP contribution < -0.4 is 0 Å². The van der Waals surface area contributed by atoms with Crippen LogP contribution in [-0.4, -0.2) is 51.8 Å². The van der Waals surface area contributed by atoms with Gasteiger partial charge in [0.2, 0.25) is 5.82 Å². The molecule has 2 rings (SSSR count). The average molecular weight is 224 g/mol. The lowest BCUT2D eigenvalue weighted by atomic mass is 10.1. The second kappa shape index (κ2) is 5.07. The zero-order valence-corrected chi connectivity index (χ0v) is 9.35. The SMILES string of the molecule is CCOC1CCCN(C(=O)c2ncn[nH]2)C1. The van der Waals surface area contributed by atoms with Crippen molar-refractivity contribution in [3.05, 3.63) is 12.2 Å². The van der Waals surface area contributed by atoms with Gasteiger partial charge in [0.15, 0.2) is 0 Å². The van der Waals surface area contributed by atoms with Crippen LogP contribution in [0.1, 0.15) is 30.4 Å². The van der Waals surface area contributed by atoms with E-state index < -0.39 is 0 Å². The summed E-state index contributed by atoms with van der Waals surface area (Å²) in [5, 5.41) is 6.27. The molecule has 1 aromatic rings.